The second kappa shape index (κ2) is 7.04. The lowest BCUT2D eigenvalue weighted by Gasteiger charge is -2.20. The van der Waals surface area contributed by atoms with Crippen molar-refractivity contribution in [1.29, 1.82) is 0 Å². The number of rotatable bonds is 4. The molecule has 0 saturated heterocycles. The number of hydrogen-bond acceptors (Lipinski definition) is 2. The summed E-state index contributed by atoms with van der Waals surface area (Å²) in [6.07, 6.45) is 0. The van der Waals surface area contributed by atoms with Gasteiger partial charge in [0.1, 0.15) is 6.54 Å². The first-order valence-electron chi connectivity index (χ1n) is 7.34. The molecule has 0 spiro atoms. The van der Waals surface area contributed by atoms with Gasteiger partial charge in [0.25, 0.3) is 5.91 Å². The molecular formula is C17H22N3O2+. The predicted molar refractivity (Wildman–Crippen MR) is 86.6 cm³/mol. The Kier molecular flexibility index (Phi) is 5.12. The van der Waals surface area contributed by atoms with E-state index in [4.69, 9.17) is 0 Å². The van der Waals surface area contributed by atoms with E-state index in [1.807, 2.05) is 26.1 Å². The highest BCUT2D eigenvalue weighted by Crippen LogP contribution is 2.14. The highest BCUT2D eigenvalue weighted by Gasteiger charge is 2.23. The SMILES string of the molecule is CNC(=O)NC(=O)[C@@H](C)[NH+](C)Cc1ccc2ccccc2c1. The van der Waals surface area contributed by atoms with Crippen LogP contribution in [0.15, 0.2) is 42.5 Å². The Morgan fingerprint density at radius 2 is 1.82 bits per heavy atom. The lowest BCUT2D eigenvalue weighted by molar-refractivity contribution is -0.908. The average Bonchev–Trinajstić information content (AvgIpc) is 2.53. The molecular weight excluding hydrogens is 278 g/mol. The molecule has 0 saturated carbocycles. The van der Waals surface area contributed by atoms with Gasteiger partial charge in [-0.25, -0.2) is 4.79 Å². The first kappa shape index (κ1) is 16.0. The monoisotopic (exact) mass is 300 g/mol. The Balaban J connectivity index is 2.04. The van der Waals surface area contributed by atoms with Gasteiger partial charge in [-0.05, 0) is 23.8 Å². The van der Waals surface area contributed by atoms with Gasteiger partial charge in [-0.3, -0.25) is 10.1 Å². The largest absolute Gasteiger partial charge is 0.341 e. The Bertz CT molecular complexity index is 684. The fourth-order valence-corrected chi connectivity index (χ4v) is 2.33. The highest BCUT2D eigenvalue weighted by atomic mass is 16.2. The first-order chi connectivity index (χ1) is 10.5. The maximum atomic E-state index is 12.0. The molecule has 5 heteroatoms. The molecule has 116 valence electrons. The van der Waals surface area contributed by atoms with Crippen molar-refractivity contribution in [3.8, 4) is 0 Å². The van der Waals surface area contributed by atoms with E-state index < -0.39 is 6.03 Å². The molecule has 22 heavy (non-hydrogen) atoms. The van der Waals surface area contributed by atoms with Gasteiger partial charge >= 0.3 is 6.03 Å². The fraction of sp³-hybridized carbons (Fsp3) is 0.294. The van der Waals surface area contributed by atoms with E-state index in [-0.39, 0.29) is 11.9 Å². The molecule has 3 N–H and O–H groups in total. The normalized spacial score (nSPS) is 13.4. The van der Waals surface area contributed by atoms with Crippen molar-refractivity contribution in [2.24, 2.45) is 0 Å². The fourth-order valence-electron chi connectivity index (χ4n) is 2.33. The Morgan fingerprint density at radius 1 is 1.14 bits per heavy atom. The standard InChI is InChI=1S/C17H21N3O2/c1-12(16(21)19-17(22)18-2)20(3)11-13-8-9-14-6-4-5-7-15(14)10-13/h4-10,12H,11H2,1-3H3,(H2,18,19,21,22)/p+1/t12-/m1/s1. The maximum Gasteiger partial charge on any atom is 0.321 e. The third kappa shape index (κ3) is 3.83. The van der Waals surface area contributed by atoms with Crippen LogP contribution in [0.3, 0.4) is 0 Å². The summed E-state index contributed by atoms with van der Waals surface area (Å²) in [5.41, 5.74) is 1.16. The summed E-state index contributed by atoms with van der Waals surface area (Å²) in [5.74, 6) is -0.280. The van der Waals surface area contributed by atoms with Gasteiger partial charge in [0.15, 0.2) is 6.04 Å². The van der Waals surface area contributed by atoms with E-state index in [1.54, 1.807) is 0 Å². The first-order valence-corrected chi connectivity index (χ1v) is 7.34. The van der Waals surface area contributed by atoms with Gasteiger partial charge in [0.2, 0.25) is 0 Å². The topological polar surface area (TPSA) is 62.6 Å². The highest BCUT2D eigenvalue weighted by molar-refractivity contribution is 5.96. The van der Waals surface area contributed by atoms with Crippen LogP contribution < -0.4 is 15.5 Å². The van der Waals surface area contributed by atoms with Crippen LogP contribution >= 0.6 is 0 Å². The lowest BCUT2D eigenvalue weighted by Crippen LogP contribution is -3.12. The minimum absolute atomic E-state index is 0.280. The summed E-state index contributed by atoms with van der Waals surface area (Å²) in [6, 6.07) is 13.7. The van der Waals surface area contributed by atoms with E-state index in [1.165, 1.54) is 17.8 Å². The number of imide groups is 1. The molecule has 0 radical (unpaired) electrons. The average molecular weight is 300 g/mol. The molecule has 0 aromatic heterocycles. The zero-order chi connectivity index (χ0) is 16.1. The molecule has 1 unspecified atom stereocenters. The smallest absolute Gasteiger partial charge is 0.321 e. The van der Waals surface area contributed by atoms with Crippen molar-refractivity contribution in [1.82, 2.24) is 10.6 Å². The summed E-state index contributed by atoms with van der Waals surface area (Å²) >= 11 is 0. The van der Waals surface area contributed by atoms with Crippen molar-refractivity contribution >= 4 is 22.7 Å². The molecule has 2 aromatic rings. The molecule has 3 amide bonds. The van der Waals surface area contributed by atoms with Crippen LogP contribution in [0.1, 0.15) is 12.5 Å². The van der Waals surface area contributed by atoms with Gasteiger partial charge < -0.3 is 10.2 Å². The molecule has 5 nitrogen and oxygen atoms in total. The number of carbonyl (C=O) groups excluding carboxylic acids is 2. The maximum absolute atomic E-state index is 12.0. The van der Waals surface area contributed by atoms with Crippen molar-refractivity contribution in [3.05, 3.63) is 48.0 Å². The molecule has 2 atom stereocenters. The molecule has 0 fully saturated rings. The van der Waals surface area contributed by atoms with E-state index in [0.29, 0.717) is 6.54 Å². The van der Waals surface area contributed by atoms with Gasteiger partial charge in [0, 0.05) is 12.6 Å². The lowest BCUT2D eigenvalue weighted by atomic mass is 10.1. The minimum Gasteiger partial charge on any atom is -0.341 e. The number of hydrogen-bond donors (Lipinski definition) is 3. The van der Waals surface area contributed by atoms with E-state index in [2.05, 4.69) is 41.0 Å². The van der Waals surface area contributed by atoms with Crippen LogP contribution in [0.5, 0.6) is 0 Å². The summed E-state index contributed by atoms with van der Waals surface area (Å²) in [6.45, 7) is 2.53. The number of fused-ring (bicyclic) bond motifs is 1. The Labute approximate surface area is 130 Å². The molecule has 0 heterocycles. The van der Waals surface area contributed by atoms with E-state index in [0.717, 1.165) is 10.5 Å². The third-order valence-corrected chi connectivity index (χ3v) is 3.89. The summed E-state index contributed by atoms with van der Waals surface area (Å²) < 4.78 is 0. The summed E-state index contributed by atoms with van der Waals surface area (Å²) in [4.78, 5) is 24.2. The van der Waals surface area contributed by atoms with Gasteiger partial charge in [0.05, 0.1) is 7.05 Å². The van der Waals surface area contributed by atoms with E-state index >= 15 is 0 Å². The number of amides is 3. The number of carbonyl (C=O) groups is 2. The zero-order valence-corrected chi connectivity index (χ0v) is 13.1. The van der Waals surface area contributed by atoms with E-state index in [9.17, 15) is 9.59 Å². The Morgan fingerprint density at radius 3 is 2.50 bits per heavy atom. The quantitative estimate of drug-likeness (QED) is 0.778. The summed E-state index contributed by atoms with van der Waals surface area (Å²) in [7, 11) is 3.43. The van der Waals surface area contributed by atoms with Gasteiger partial charge in [-0.2, -0.15) is 0 Å². The molecule has 2 rings (SSSR count). The number of quaternary nitrogens is 1. The number of nitrogens with one attached hydrogen (secondary N) is 3. The third-order valence-electron chi connectivity index (χ3n) is 3.89. The van der Waals surface area contributed by atoms with Crippen LogP contribution in [0, 0.1) is 0 Å². The van der Waals surface area contributed by atoms with Crippen LogP contribution in [-0.2, 0) is 11.3 Å². The van der Waals surface area contributed by atoms with Crippen LogP contribution in [0.2, 0.25) is 0 Å². The van der Waals surface area contributed by atoms with Crippen molar-refractivity contribution in [2.45, 2.75) is 19.5 Å². The van der Waals surface area contributed by atoms with Crippen molar-refractivity contribution in [3.63, 3.8) is 0 Å². The second-order valence-electron chi connectivity index (χ2n) is 5.49. The number of urea groups is 1. The second-order valence-corrected chi connectivity index (χ2v) is 5.49. The van der Waals surface area contributed by atoms with Crippen LogP contribution in [0.4, 0.5) is 4.79 Å². The zero-order valence-electron chi connectivity index (χ0n) is 13.1. The van der Waals surface area contributed by atoms with Gasteiger partial charge in [-0.1, -0.05) is 36.4 Å². The predicted octanol–water partition coefficient (Wildman–Crippen LogP) is 0.699. The molecule has 0 aliphatic heterocycles. The molecule has 0 aliphatic carbocycles. The molecule has 2 aromatic carbocycles. The number of benzene rings is 2. The minimum atomic E-state index is -0.477. The molecule has 0 aliphatic rings. The molecule has 0 bridgehead atoms. The number of likely N-dealkylation sites (N-methyl/N-ethyl adjacent to an activating group) is 1. The Hall–Kier alpha value is -2.40. The van der Waals surface area contributed by atoms with Gasteiger partial charge in [-0.15, -0.1) is 0 Å². The van der Waals surface area contributed by atoms with Crippen LogP contribution in [0.25, 0.3) is 10.8 Å². The van der Waals surface area contributed by atoms with Crippen LogP contribution in [-0.4, -0.2) is 32.1 Å². The van der Waals surface area contributed by atoms with Crippen molar-refractivity contribution < 1.29 is 14.5 Å². The summed E-state index contributed by atoms with van der Waals surface area (Å²) in [5, 5.41) is 7.09. The van der Waals surface area contributed by atoms with Crippen molar-refractivity contribution in [2.75, 3.05) is 14.1 Å².